The Kier molecular flexibility index (Phi) is 11.5. The predicted octanol–water partition coefficient (Wildman–Crippen LogP) is 0.539. The smallest absolute Gasteiger partial charge is 0.187 e. The minimum absolute atomic E-state index is 0.00955. The van der Waals surface area contributed by atoms with Crippen molar-refractivity contribution in [1.82, 2.24) is 0 Å². The maximum Gasteiger partial charge on any atom is 0.187 e. The van der Waals surface area contributed by atoms with Crippen molar-refractivity contribution >= 4 is 5.78 Å². The van der Waals surface area contributed by atoms with Gasteiger partial charge in [-0.15, -0.1) is 0 Å². The molecule has 0 spiro atoms. The maximum atomic E-state index is 13.9. The topological polar surface area (TPSA) is 245 Å². The molecular weight excluding hydrogens is 744 g/mol. The van der Waals surface area contributed by atoms with Crippen LogP contribution in [0.4, 0.5) is 0 Å². The third-order valence-electron chi connectivity index (χ3n) is 17.2. The van der Waals surface area contributed by atoms with Gasteiger partial charge in [0.2, 0.25) is 0 Å². The summed E-state index contributed by atoms with van der Waals surface area (Å²) in [7, 11) is 0. The SMILES string of the molecule is CC1(C)C(=O)CC[C@@]2(C)C1[C@@H](O[C@H]1OC(CO)[C@H](O)C(O)[C@H]1O[C@H]1OC(CO)[C@H](O)C(O)[C@H]1O)C[C@]1(C)C2C[C@@H](O)C2C([C@]3(C)CC[C@H](C(C)(C)O)O3)CC[C@]21C. The first kappa shape index (κ1) is 44.2. The molecule has 3 aliphatic heterocycles. The molecular formula is C42H70O15. The zero-order chi connectivity index (χ0) is 42.0. The van der Waals surface area contributed by atoms with E-state index in [9.17, 15) is 50.8 Å². The lowest BCUT2D eigenvalue weighted by atomic mass is 9.34. The van der Waals surface area contributed by atoms with Crippen molar-refractivity contribution in [2.24, 2.45) is 45.3 Å². The number of hydrogen-bond acceptors (Lipinski definition) is 15. The van der Waals surface area contributed by atoms with Crippen molar-refractivity contribution in [3.63, 3.8) is 0 Å². The number of rotatable bonds is 8. The molecule has 7 fully saturated rings. The fourth-order valence-electron chi connectivity index (χ4n) is 14.0. The molecule has 57 heavy (non-hydrogen) atoms. The second-order valence-electron chi connectivity index (χ2n) is 21.0. The quantitative estimate of drug-likeness (QED) is 0.152. The van der Waals surface area contributed by atoms with Crippen LogP contribution in [0.2, 0.25) is 0 Å². The number of ether oxygens (including phenoxy) is 5. The Hall–Kier alpha value is -0.890. The standard InChI is InChI=1S/C42H70O15/c1-37(2)25(46)10-12-39(5)24-15-20(45)27-19(42(8)14-11-26(57-42)38(3,4)52)9-13-40(27,6)41(24,7)16-21(34(37)39)53-36-33(31(50)29(48)23(18-44)55-36)56-35-32(51)30(49)28(47)22(17-43)54-35/h19-24,26-36,43-45,47-52H,9-18H2,1-8H3/t19?,20-,21+,22?,23?,24?,26-,27?,28+,29+,30?,31?,32-,33-,34?,35-,36+,39-,40-,41-,42+/m1/s1. The molecule has 7 rings (SSSR count). The van der Waals surface area contributed by atoms with Crippen LogP contribution in [0, 0.1) is 45.3 Å². The summed E-state index contributed by atoms with van der Waals surface area (Å²) in [5.41, 5.74) is -3.82. The number of hydrogen-bond donors (Lipinski definition) is 9. The summed E-state index contributed by atoms with van der Waals surface area (Å²) >= 11 is 0. The normalized spacial score (nSPS) is 55.2. The third kappa shape index (κ3) is 6.72. The number of aliphatic hydroxyl groups excluding tert-OH is 8. The molecule has 0 aromatic rings. The molecule has 8 unspecified atom stereocenters. The van der Waals surface area contributed by atoms with E-state index in [2.05, 4.69) is 27.7 Å². The van der Waals surface area contributed by atoms with Gasteiger partial charge in [0.1, 0.15) is 54.6 Å². The molecule has 0 amide bonds. The summed E-state index contributed by atoms with van der Waals surface area (Å²) in [6.45, 7) is 14.9. The zero-order valence-electron chi connectivity index (χ0n) is 34.9. The molecule has 15 nitrogen and oxygen atoms in total. The summed E-state index contributed by atoms with van der Waals surface area (Å²) in [5.74, 6) is -0.433. The molecule has 0 bridgehead atoms. The lowest BCUT2D eigenvalue weighted by Crippen LogP contribution is -2.71. The summed E-state index contributed by atoms with van der Waals surface area (Å²) < 4.78 is 31.7. The van der Waals surface area contributed by atoms with E-state index in [0.717, 1.165) is 25.7 Å². The van der Waals surface area contributed by atoms with Crippen LogP contribution in [0.15, 0.2) is 0 Å². The Morgan fingerprint density at radius 1 is 0.754 bits per heavy atom. The van der Waals surface area contributed by atoms with E-state index in [1.165, 1.54) is 0 Å². The number of ketones is 1. The van der Waals surface area contributed by atoms with Gasteiger partial charge in [-0.2, -0.15) is 0 Å². The van der Waals surface area contributed by atoms with Crippen molar-refractivity contribution in [2.75, 3.05) is 13.2 Å². The maximum absolute atomic E-state index is 13.9. The van der Waals surface area contributed by atoms with Gasteiger partial charge in [0.15, 0.2) is 12.6 Å². The molecule has 4 saturated carbocycles. The van der Waals surface area contributed by atoms with Crippen LogP contribution < -0.4 is 0 Å². The van der Waals surface area contributed by atoms with Crippen LogP contribution >= 0.6 is 0 Å². The highest BCUT2D eigenvalue weighted by Crippen LogP contribution is 2.76. The molecule has 0 aromatic carbocycles. The average molecular weight is 815 g/mol. The van der Waals surface area contributed by atoms with E-state index in [4.69, 9.17) is 23.7 Å². The minimum atomic E-state index is -1.82. The van der Waals surface area contributed by atoms with Gasteiger partial charge in [0.25, 0.3) is 0 Å². The second-order valence-corrected chi connectivity index (χ2v) is 21.0. The van der Waals surface area contributed by atoms with Crippen molar-refractivity contribution < 1.29 is 74.4 Å². The lowest BCUT2D eigenvalue weighted by Gasteiger charge is -2.71. The Balaban J connectivity index is 1.26. The molecule has 9 N–H and O–H groups in total. The van der Waals surface area contributed by atoms with Gasteiger partial charge in [0, 0.05) is 17.8 Å². The molecule has 7 aliphatic rings. The van der Waals surface area contributed by atoms with E-state index in [1.807, 2.05) is 13.8 Å². The predicted molar refractivity (Wildman–Crippen MR) is 201 cm³/mol. The van der Waals surface area contributed by atoms with Gasteiger partial charge in [-0.3, -0.25) is 4.79 Å². The van der Waals surface area contributed by atoms with Gasteiger partial charge < -0.3 is 69.6 Å². The first-order chi connectivity index (χ1) is 26.4. The third-order valence-corrected chi connectivity index (χ3v) is 17.2. The fraction of sp³-hybridized carbons (Fsp3) is 0.976. The first-order valence-electron chi connectivity index (χ1n) is 21.2. The molecule has 3 saturated heterocycles. The molecule has 21 atom stereocenters. The van der Waals surface area contributed by atoms with Crippen LogP contribution in [0.3, 0.4) is 0 Å². The highest BCUT2D eigenvalue weighted by Gasteiger charge is 2.74. The Labute approximate surface area is 336 Å². The molecule has 328 valence electrons. The van der Waals surface area contributed by atoms with Crippen molar-refractivity contribution in [3.8, 4) is 0 Å². The Bertz CT molecular complexity index is 1490. The molecule has 0 aromatic heterocycles. The zero-order valence-corrected chi connectivity index (χ0v) is 34.9. The Morgan fingerprint density at radius 3 is 1.96 bits per heavy atom. The average Bonchev–Trinajstić information content (AvgIpc) is 3.73. The second kappa shape index (κ2) is 14.9. The van der Waals surface area contributed by atoms with E-state index < -0.39 is 126 Å². The van der Waals surface area contributed by atoms with Crippen molar-refractivity contribution in [1.29, 1.82) is 0 Å². The summed E-state index contributed by atoms with van der Waals surface area (Å²) in [5, 5.41) is 97.7. The van der Waals surface area contributed by atoms with E-state index >= 15 is 0 Å². The summed E-state index contributed by atoms with van der Waals surface area (Å²) in [6, 6.07) is 0. The summed E-state index contributed by atoms with van der Waals surface area (Å²) in [4.78, 5) is 13.9. The van der Waals surface area contributed by atoms with Gasteiger partial charge in [-0.25, -0.2) is 0 Å². The highest BCUT2D eigenvalue weighted by atomic mass is 16.8. The molecule has 0 radical (unpaired) electrons. The molecule has 15 heteroatoms. The number of aliphatic hydroxyl groups is 9. The van der Waals surface area contributed by atoms with Crippen molar-refractivity contribution in [3.05, 3.63) is 0 Å². The van der Waals surface area contributed by atoms with Gasteiger partial charge in [-0.1, -0.05) is 34.6 Å². The van der Waals surface area contributed by atoms with Crippen LogP contribution in [0.1, 0.15) is 107 Å². The minimum Gasteiger partial charge on any atom is -0.394 e. The highest BCUT2D eigenvalue weighted by molar-refractivity contribution is 5.85. The monoisotopic (exact) mass is 814 g/mol. The van der Waals surface area contributed by atoms with E-state index in [0.29, 0.717) is 25.7 Å². The fourth-order valence-corrected chi connectivity index (χ4v) is 14.0. The van der Waals surface area contributed by atoms with Crippen LogP contribution in [0.5, 0.6) is 0 Å². The Morgan fingerprint density at radius 2 is 1.37 bits per heavy atom. The number of carbonyl (C=O) groups excluding carboxylic acids is 1. The number of fused-ring (bicyclic) bond motifs is 5. The van der Waals surface area contributed by atoms with Crippen molar-refractivity contribution in [2.45, 2.75) is 198 Å². The van der Waals surface area contributed by atoms with E-state index in [1.54, 1.807) is 13.8 Å². The largest absolute Gasteiger partial charge is 0.394 e. The first-order valence-corrected chi connectivity index (χ1v) is 21.2. The van der Waals surface area contributed by atoms with Crippen LogP contribution in [-0.4, -0.2) is 156 Å². The van der Waals surface area contributed by atoms with Gasteiger partial charge in [-0.05, 0) is 99.7 Å². The van der Waals surface area contributed by atoms with Crippen LogP contribution in [-0.2, 0) is 28.5 Å². The van der Waals surface area contributed by atoms with Gasteiger partial charge in [0.05, 0.1) is 42.7 Å². The molecule has 4 aliphatic carbocycles. The summed E-state index contributed by atoms with van der Waals surface area (Å²) in [6.07, 6.45) is -12.6. The molecule has 3 heterocycles. The number of carbonyl (C=O) groups is 1. The van der Waals surface area contributed by atoms with Gasteiger partial charge >= 0.3 is 0 Å². The number of Topliss-reactive ketones (excluding diaryl/α,β-unsaturated/α-hetero) is 1. The van der Waals surface area contributed by atoms with E-state index in [-0.39, 0.29) is 29.6 Å². The van der Waals surface area contributed by atoms with Crippen LogP contribution in [0.25, 0.3) is 0 Å². The lowest BCUT2D eigenvalue weighted by molar-refractivity contribution is -0.381.